The second-order valence-corrected chi connectivity index (χ2v) is 6.84. The lowest BCUT2D eigenvalue weighted by atomic mass is 9.99. The first kappa shape index (κ1) is 18.7. The Kier molecular flexibility index (Phi) is 5.27. The Hall–Kier alpha value is -3.64. The van der Waals surface area contributed by atoms with E-state index in [1.807, 2.05) is 30.3 Å². The van der Waals surface area contributed by atoms with Crippen molar-refractivity contribution in [1.29, 1.82) is 0 Å². The molecular weight excluding hydrogens is 366 g/mol. The SMILES string of the molecule is NCc1cccc(-c2cc(COc3ccccc3CC(=O)O)c3cn[nH]c3c2)c1. The molecular formula is C23H21N3O3. The molecule has 1 heterocycles. The number of aromatic amines is 1. The van der Waals surface area contributed by atoms with Gasteiger partial charge in [0.25, 0.3) is 0 Å². The van der Waals surface area contributed by atoms with Gasteiger partial charge in [-0.25, -0.2) is 0 Å². The molecule has 0 saturated heterocycles. The average Bonchev–Trinajstić information content (AvgIpc) is 3.21. The first-order chi connectivity index (χ1) is 14.1. The minimum atomic E-state index is -0.889. The third-order valence-corrected chi connectivity index (χ3v) is 4.84. The highest BCUT2D eigenvalue weighted by molar-refractivity contribution is 5.87. The molecule has 0 saturated carbocycles. The number of aromatic nitrogens is 2. The number of aliphatic carboxylic acids is 1. The van der Waals surface area contributed by atoms with Gasteiger partial charge in [0.2, 0.25) is 0 Å². The van der Waals surface area contributed by atoms with Gasteiger partial charge in [-0.3, -0.25) is 9.89 Å². The summed E-state index contributed by atoms with van der Waals surface area (Å²) in [7, 11) is 0. The van der Waals surface area contributed by atoms with Crippen LogP contribution in [-0.2, 0) is 24.4 Å². The van der Waals surface area contributed by atoms with Gasteiger partial charge in [-0.15, -0.1) is 0 Å². The summed E-state index contributed by atoms with van der Waals surface area (Å²) < 4.78 is 6.01. The molecule has 0 atom stereocenters. The van der Waals surface area contributed by atoms with Gasteiger partial charge in [0.05, 0.1) is 18.1 Å². The number of carboxylic acids is 1. The van der Waals surface area contributed by atoms with Crippen LogP contribution in [0.25, 0.3) is 22.0 Å². The summed E-state index contributed by atoms with van der Waals surface area (Å²) in [6.07, 6.45) is 1.69. The zero-order chi connectivity index (χ0) is 20.2. The summed E-state index contributed by atoms with van der Waals surface area (Å²) >= 11 is 0. The van der Waals surface area contributed by atoms with Gasteiger partial charge in [0, 0.05) is 23.1 Å². The van der Waals surface area contributed by atoms with E-state index >= 15 is 0 Å². The van der Waals surface area contributed by atoms with Crippen molar-refractivity contribution < 1.29 is 14.6 Å². The Bertz CT molecular complexity index is 1170. The molecule has 3 aromatic carbocycles. The molecule has 0 unspecified atom stereocenters. The Morgan fingerprint density at radius 2 is 1.90 bits per heavy atom. The molecule has 0 radical (unpaired) electrons. The van der Waals surface area contributed by atoms with Crippen molar-refractivity contribution in [1.82, 2.24) is 10.2 Å². The van der Waals surface area contributed by atoms with Crippen LogP contribution in [0.4, 0.5) is 0 Å². The van der Waals surface area contributed by atoms with Crippen LogP contribution in [0.15, 0.2) is 66.9 Å². The summed E-state index contributed by atoms with van der Waals surface area (Å²) in [4.78, 5) is 11.1. The van der Waals surface area contributed by atoms with Gasteiger partial charge in [-0.2, -0.15) is 5.10 Å². The second kappa shape index (κ2) is 8.16. The predicted octanol–water partition coefficient (Wildman–Crippen LogP) is 3.89. The van der Waals surface area contributed by atoms with Crippen LogP contribution in [-0.4, -0.2) is 21.3 Å². The first-order valence-electron chi connectivity index (χ1n) is 9.32. The van der Waals surface area contributed by atoms with Crippen LogP contribution in [0.1, 0.15) is 16.7 Å². The number of fused-ring (bicyclic) bond motifs is 1. The number of para-hydroxylation sites is 1. The number of H-pyrrole nitrogens is 1. The molecule has 1 aromatic heterocycles. The average molecular weight is 387 g/mol. The van der Waals surface area contributed by atoms with Gasteiger partial charge in [-0.05, 0) is 41.0 Å². The third kappa shape index (κ3) is 4.12. The van der Waals surface area contributed by atoms with E-state index in [4.69, 9.17) is 15.6 Å². The van der Waals surface area contributed by atoms with Crippen LogP contribution < -0.4 is 10.5 Å². The molecule has 29 heavy (non-hydrogen) atoms. The third-order valence-electron chi connectivity index (χ3n) is 4.84. The lowest BCUT2D eigenvalue weighted by molar-refractivity contribution is -0.136. The first-order valence-corrected chi connectivity index (χ1v) is 9.32. The summed E-state index contributed by atoms with van der Waals surface area (Å²) in [6.45, 7) is 0.785. The Labute approximate surface area is 167 Å². The highest BCUT2D eigenvalue weighted by Crippen LogP contribution is 2.29. The van der Waals surface area contributed by atoms with Crippen molar-refractivity contribution in [3.05, 3.63) is 83.6 Å². The van der Waals surface area contributed by atoms with E-state index in [9.17, 15) is 4.79 Å². The number of nitrogens with two attached hydrogens (primary N) is 1. The number of carboxylic acid groups (broad SMARTS) is 1. The molecule has 4 aromatic rings. The molecule has 0 amide bonds. The fourth-order valence-electron chi connectivity index (χ4n) is 3.40. The van der Waals surface area contributed by atoms with Gasteiger partial charge in [0.1, 0.15) is 12.4 Å². The summed E-state index contributed by atoms with van der Waals surface area (Å²) in [5, 5.41) is 17.3. The van der Waals surface area contributed by atoms with E-state index in [2.05, 4.69) is 28.4 Å². The highest BCUT2D eigenvalue weighted by atomic mass is 16.5. The molecule has 0 aliphatic rings. The minimum absolute atomic E-state index is 0.0801. The standard InChI is InChI=1S/C23H21N3O3/c24-12-15-4-3-6-16(8-15)18-9-19(20-13-25-26-21(20)10-18)14-29-22-7-2-1-5-17(22)11-23(27)28/h1-10,13H,11-12,14,24H2,(H,25,26)(H,27,28). The normalized spacial score (nSPS) is 10.9. The Morgan fingerprint density at radius 1 is 1.03 bits per heavy atom. The van der Waals surface area contributed by atoms with Gasteiger partial charge < -0.3 is 15.6 Å². The zero-order valence-electron chi connectivity index (χ0n) is 15.8. The fourth-order valence-corrected chi connectivity index (χ4v) is 3.40. The maximum absolute atomic E-state index is 11.1. The van der Waals surface area contributed by atoms with E-state index < -0.39 is 5.97 Å². The largest absolute Gasteiger partial charge is 0.489 e. The molecule has 0 aliphatic carbocycles. The van der Waals surface area contributed by atoms with Gasteiger partial charge in [-0.1, -0.05) is 36.4 Å². The van der Waals surface area contributed by atoms with Crippen LogP contribution in [0.2, 0.25) is 0 Å². The minimum Gasteiger partial charge on any atom is -0.489 e. The Morgan fingerprint density at radius 3 is 2.72 bits per heavy atom. The second-order valence-electron chi connectivity index (χ2n) is 6.84. The van der Waals surface area contributed by atoms with E-state index in [1.54, 1.807) is 18.3 Å². The van der Waals surface area contributed by atoms with Gasteiger partial charge in [0.15, 0.2) is 0 Å². The predicted molar refractivity (Wildman–Crippen MR) is 112 cm³/mol. The number of carbonyl (C=O) groups is 1. The molecule has 6 heteroatoms. The van der Waals surface area contributed by atoms with E-state index in [1.165, 1.54) is 0 Å². The number of nitrogens with zero attached hydrogens (tertiary/aromatic N) is 1. The van der Waals surface area contributed by atoms with Crippen LogP contribution in [0.3, 0.4) is 0 Å². The van der Waals surface area contributed by atoms with Crippen molar-refractivity contribution in [3.63, 3.8) is 0 Å². The van der Waals surface area contributed by atoms with Crippen molar-refractivity contribution >= 4 is 16.9 Å². The molecule has 4 N–H and O–H groups in total. The molecule has 4 rings (SSSR count). The number of rotatable bonds is 7. The van der Waals surface area contributed by atoms with Crippen molar-refractivity contribution in [2.45, 2.75) is 19.6 Å². The van der Waals surface area contributed by atoms with E-state index in [0.717, 1.165) is 33.2 Å². The molecule has 0 fully saturated rings. The molecule has 0 bridgehead atoms. The van der Waals surface area contributed by atoms with E-state index in [0.29, 0.717) is 24.5 Å². The highest BCUT2D eigenvalue weighted by Gasteiger charge is 2.11. The zero-order valence-corrected chi connectivity index (χ0v) is 15.8. The van der Waals surface area contributed by atoms with E-state index in [-0.39, 0.29) is 6.42 Å². The number of benzene rings is 3. The maximum atomic E-state index is 11.1. The van der Waals surface area contributed by atoms with Crippen LogP contribution in [0, 0.1) is 0 Å². The number of ether oxygens (including phenoxy) is 1. The molecule has 6 nitrogen and oxygen atoms in total. The lowest BCUT2D eigenvalue weighted by Crippen LogP contribution is -2.04. The van der Waals surface area contributed by atoms with Crippen molar-refractivity contribution in [2.24, 2.45) is 5.73 Å². The quantitative estimate of drug-likeness (QED) is 0.446. The summed E-state index contributed by atoms with van der Waals surface area (Å²) in [5.74, 6) is -0.317. The summed E-state index contributed by atoms with van der Waals surface area (Å²) in [6, 6.07) is 19.5. The summed E-state index contributed by atoms with van der Waals surface area (Å²) in [5.41, 5.74) is 11.5. The molecule has 0 spiro atoms. The van der Waals surface area contributed by atoms with Crippen molar-refractivity contribution in [3.8, 4) is 16.9 Å². The van der Waals surface area contributed by atoms with Crippen molar-refractivity contribution in [2.75, 3.05) is 0 Å². The molecule has 0 aliphatic heterocycles. The Balaban J connectivity index is 1.67. The van der Waals surface area contributed by atoms with Gasteiger partial charge >= 0.3 is 5.97 Å². The fraction of sp³-hybridized carbons (Fsp3) is 0.130. The lowest BCUT2D eigenvalue weighted by Gasteiger charge is -2.13. The topological polar surface area (TPSA) is 101 Å². The number of nitrogens with one attached hydrogen (secondary N) is 1. The maximum Gasteiger partial charge on any atom is 0.307 e. The number of hydrogen-bond acceptors (Lipinski definition) is 4. The number of hydrogen-bond donors (Lipinski definition) is 3. The smallest absolute Gasteiger partial charge is 0.307 e. The molecule has 146 valence electrons. The van der Waals surface area contributed by atoms with Crippen LogP contribution in [0.5, 0.6) is 5.75 Å². The van der Waals surface area contributed by atoms with Crippen LogP contribution >= 0.6 is 0 Å². The monoisotopic (exact) mass is 387 g/mol.